The number of hydrogen-bond donors (Lipinski definition) is 2. The van der Waals surface area contributed by atoms with Gasteiger partial charge in [-0.25, -0.2) is 8.78 Å². The van der Waals surface area contributed by atoms with Crippen LogP contribution in [-0.2, 0) is 25.5 Å². The second-order valence-electron chi connectivity index (χ2n) is 15.6. The molecule has 10 heteroatoms. The zero-order chi connectivity index (χ0) is 36.0. The minimum absolute atomic E-state index is 0.0386. The third-order valence-electron chi connectivity index (χ3n) is 13.0. The molecule has 0 radical (unpaired) electrons. The number of aliphatic hydroxyl groups excluding tert-OH is 2. The maximum Gasteiger partial charge on any atom is 0.193 e. The Labute approximate surface area is 292 Å². The molecule has 50 heavy (non-hydrogen) atoms. The molecule has 2 aromatic rings. The summed E-state index contributed by atoms with van der Waals surface area (Å²) in [4.78, 5) is 28.2. The van der Waals surface area contributed by atoms with Gasteiger partial charge in [0.15, 0.2) is 29.1 Å². The molecule has 4 aliphatic carbocycles. The lowest BCUT2D eigenvalue weighted by molar-refractivity contribution is -0.235. The van der Waals surface area contributed by atoms with Crippen molar-refractivity contribution in [3.05, 3.63) is 83.0 Å². The zero-order valence-corrected chi connectivity index (χ0v) is 29.5. The van der Waals surface area contributed by atoms with Gasteiger partial charge in [-0.05, 0) is 93.4 Å². The number of ketones is 2. The molecule has 1 saturated heterocycles. The van der Waals surface area contributed by atoms with Gasteiger partial charge in [0.2, 0.25) is 0 Å². The number of fused-ring (bicyclic) bond motifs is 7. The standard InChI is InChI=1S/C40H47F2NO7/c1-22(2)43(5)31-12-9-24(16-32(31)48-6)15-23-7-10-25(11-8-23)36-49-35-19-27-28-18-30(41)29-17-26(45)13-14-37(29,3)39(28,42)33(46)20-38(27,4)40(35,50-36)34(47)21-44/h7-14,16-17,22,27-28,30,33,35-36,44,46H,15,18-21H2,1-6H3/t27-,28-,30-,33-,35+,36+,37-,38-,39-,40+/m0/s1. The fourth-order valence-electron chi connectivity index (χ4n) is 10.1. The van der Waals surface area contributed by atoms with Crippen LogP contribution in [0.2, 0.25) is 0 Å². The summed E-state index contributed by atoms with van der Waals surface area (Å²) in [7, 11) is 3.70. The molecule has 3 saturated carbocycles. The van der Waals surface area contributed by atoms with E-state index in [0.29, 0.717) is 18.0 Å². The molecule has 5 aliphatic rings. The Morgan fingerprint density at radius 1 is 1.10 bits per heavy atom. The summed E-state index contributed by atoms with van der Waals surface area (Å²) in [5.41, 5.74) is -2.84. The summed E-state index contributed by atoms with van der Waals surface area (Å²) in [6.07, 6.45) is -0.781. The van der Waals surface area contributed by atoms with Crippen LogP contribution in [0.1, 0.15) is 69.9 Å². The summed E-state index contributed by atoms with van der Waals surface area (Å²) in [6.45, 7) is 6.74. The van der Waals surface area contributed by atoms with Crippen LogP contribution in [0.5, 0.6) is 5.75 Å². The summed E-state index contributed by atoms with van der Waals surface area (Å²) < 4.78 is 52.3. The molecule has 7 rings (SSSR count). The highest BCUT2D eigenvalue weighted by Gasteiger charge is 2.80. The third kappa shape index (κ3) is 4.74. The largest absolute Gasteiger partial charge is 0.495 e. The van der Waals surface area contributed by atoms with Crippen LogP contribution in [0, 0.1) is 22.7 Å². The van der Waals surface area contributed by atoms with E-state index in [2.05, 4.69) is 30.9 Å². The van der Waals surface area contributed by atoms with Crippen LogP contribution >= 0.6 is 0 Å². The van der Waals surface area contributed by atoms with E-state index in [4.69, 9.17) is 14.2 Å². The second kappa shape index (κ2) is 12.1. The summed E-state index contributed by atoms with van der Waals surface area (Å²) >= 11 is 0. The van der Waals surface area contributed by atoms with Gasteiger partial charge in [-0.2, -0.15) is 0 Å². The molecule has 0 aromatic heterocycles. The molecule has 8 nitrogen and oxygen atoms in total. The van der Waals surface area contributed by atoms with Crippen molar-refractivity contribution in [2.45, 2.75) is 95.4 Å². The van der Waals surface area contributed by atoms with E-state index in [9.17, 15) is 19.8 Å². The average Bonchev–Trinajstić information content (AvgIpc) is 3.59. The molecule has 268 valence electrons. The van der Waals surface area contributed by atoms with Gasteiger partial charge >= 0.3 is 0 Å². The predicted octanol–water partition coefficient (Wildman–Crippen LogP) is 5.77. The SMILES string of the molecule is COc1cc(Cc2ccc([C@@H]3O[C@@H]4C[C@H]5[C@@H]6C[C@H](F)C7=CC(=O)C=C[C@]7(C)[C@@]6(F)[C@@H](O)C[C@]5(C)[C@]4(C(=O)CO)O3)cc2)ccc1N(C)C(C)C. The molecule has 4 fully saturated rings. The van der Waals surface area contributed by atoms with Crippen molar-refractivity contribution in [1.82, 2.24) is 0 Å². The van der Waals surface area contributed by atoms with E-state index in [1.165, 1.54) is 12.2 Å². The van der Waals surface area contributed by atoms with Crippen LogP contribution in [0.25, 0.3) is 0 Å². The fourth-order valence-corrected chi connectivity index (χ4v) is 10.1. The average molecular weight is 692 g/mol. The van der Waals surface area contributed by atoms with E-state index < -0.39 is 76.8 Å². The number of allylic oxidation sites excluding steroid dienone is 4. The smallest absolute Gasteiger partial charge is 0.193 e. The number of nitrogens with zero attached hydrogens (tertiary/aromatic N) is 1. The minimum atomic E-state index is -2.30. The van der Waals surface area contributed by atoms with Crippen molar-refractivity contribution >= 4 is 17.3 Å². The number of rotatable bonds is 8. The van der Waals surface area contributed by atoms with Crippen molar-refractivity contribution in [1.29, 1.82) is 0 Å². The van der Waals surface area contributed by atoms with Crippen LogP contribution < -0.4 is 9.64 Å². The molecule has 0 amide bonds. The number of carbonyl (C=O) groups excluding carboxylic acids is 2. The third-order valence-corrected chi connectivity index (χ3v) is 13.0. The number of aliphatic hydroxyl groups is 2. The van der Waals surface area contributed by atoms with Gasteiger partial charge in [0, 0.05) is 35.4 Å². The van der Waals surface area contributed by atoms with E-state index in [-0.39, 0.29) is 24.8 Å². The normalized spacial score (nSPS) is 38.6. The predicted molar refractivity (Wildman–Crippen MR) is 183 cm³/mol. The lowest BCUT2D eigenvalue weighted by Crippen LogP contribution is -2.70. The van der Waals surface area contributed by atoms with E-state index >= 15 is 8.78 Å². The van der Waals surface area contributed by atoms with E-state index in [0.717, 1.165) is 28.6 Å². The van der Waals surface area contributed by atoms with Crippen molar-refractivity contribution in [3.63, 3.8) is 0 Å². The lowest BCUT2D eigenvalue weighted by atomic mass is 9.44. The molecule has 2 N–H and O–H groups in total. The Morgan fingerprint density at radius 2 is 1.80 bits per heavy atom. The first kappa shape index (κ1) is 35.0. The Balaban J connectivity index is 1.15. The molecule has 1 aliphatic heterocycles. The molecule has 2 aromatic carbocycles. The van der Waals surface area contributed by atoms with Crippen LogP contribution in [0.15, 0.2) is 66.3 Å². The highest BCUT2D eigenvalue weighted by molar-refractivity contribution is 6.01. The lowest BCUT2D eigenvalue weighted by Gasteiger charge is -2.63. The van der Waals surface area contributed by atoms with Crippen molar-refractivity contribution in [2.24, 2.45) is 22.7 Å². The summed E-state index contributed by atoms with van der Waals surface area (Å²) in [5, 5.41) is 22.0. The second-order valence-corrected chi connectivity index (χ2v) is 15.6. The van der Waals surface area contributed by atoms with Gasteiger partial charge in [-0.3, -0.25) is 9.59 Å². The quantitative estimate of drug-likeness (QED) is 0.360. The monoisotopic (exact) mass is 691 g/mol. The van der Waals surface area contributed by atoms with E-state index in [1.54, 1.807) is 21.0 Å². The van der Waals surface area contributed by atoms with Gasteiger partial charge in [0.1, 0.15) is 18.5 Å². The van der Waals surface area contributed by atoms with E-state index in [1.807, 2.05) is 37.4 Å². The molecular weight excluding hydrogens is 644 g/mol. The number of Topliss-reactive ketones (excluding diaryl/α,β-unsaturated/α-hetero) is 1. The van der Waals surface area contributed by atoms with Gasteiger partial charge in [-0.1, -0.05) is 43.3 Å². The minimum Gasteiger partial charge on any atom is -0.495 e. The number of alkyl halides is 2. The fraction of sp³-hybridized carbons (Fsp3) is 0.550. The highest BCUT2D eigenvalue weighted by Crippen LogP contribution is 2.72. The number of carbonyl (C=O) groups is 2. The first-order valence-corrected chi connectivity index (χ1v) is 17.6. The number of halogens is 2. The summed E-state index contributed by atoms with van der Waals surface area (Å²) in [6, 6.07) is 14.2. The van der Waals surface area contributed by atoms with Crippen LogP contribution in [0.3, 0.4) is 0 Å². The van der Waals surface area contributed by atoms with Gasteiger partial charge in [0.25, 0.3) is 0 Å². The van der Waals surface area contributed by atoms with Crippen LogP contribution in [0.4, 0.5) is 14.5 Å². The molecule has 0 spiro atoms. The van der Waals surface area contributed by atoms with Gasteiger partial charge in [-0.15, -0.1) is 0 Å². The zero-order valence-electron chi connectivity index (χ0n) is 29.5. The van der Waals surface area contributed by atoms with Crippen molar-refractivity contribution < 1.29 is 42.8 Å². The summed E-state index contributed by atoms with van der Waals surface area (Å²) in [5.74, 6) is -1.82. The number of anilines is 1. The molecule has 1 heterocycles. The molecule has 0 unspecified atom stereocenters. The Bertz CT molecular complexity index is 1760. The Kier molecular flexibility index (Phi) is 8.45. The number of ether oxygens (including phenoxy) is 3. The molecule has 10 atom stereocenters. The number of hydrogen-bond acceptors (Lipinski definition) is 8. The topological polar surface area (TPSA) is 106 Å². The van der Waals surface area contributed by atoms with Gasteiger partial charge in [0.05, 0.1) is 25.0 Å². The number of benzene rings is 2. The van der Waals surface area contributed by atoms with Crippen molar-refractivity contribution in [3.8, 4) is 5.75 Å². The van der Waals surface area contributed by atoms with Crippen LogP contribution in [-0.4, -0.2) is 78.2 Å². The van der Waals surface area contributed by atoms with Gasteiger partial charge < -0.3 is 29.3 Å². The number of methoxy groups -OCH3 is 1. The maximum absolute atomic E-state index is 17.6. The Morgan fingerprint density at radius 3 is 2.46 bits per heavy atom. The highest BCUT2D eigenvalue weighted by atomic mass is 19.1. The molecule has 0 bridgehead atoms. The maximum atomic E-state index is 17.6. The molecular formula is C40H47F2NO7. The Hall–Kier alpha value is -3.44. The first-order chi connectivity index (χ1) is 23.6. The van der Waals surface area contributed by atoms with Crippen molar-refractivity contribution in [2.75, 3.05) is 25.7 Å². The first-order valence-electron chi connectivity index (χ1n) is 17.6.